The highest BCUT2D eigenvalue weighted by molar-refractivity contribution is 5.73. The van der Waals surface area contributed by atoms with Crippen LogP contribution in [0.25, 0.3) is 0 Å². The second-order valence-corrected chi connectivity index (χ2v) is 2.38. The van der Waals surface area contributed by atoms with E-state index >= 15 is 0 Å². The Labute approximate surface area is 60.8 Å². The molecule has 0 saturated heterocycles. The fourth-order valence-electron chi connectivity index (χ4n) is 0.684. The van der Waals surface area contributed by atoms with Gasteiger partial charge in [-0.1, -0.05) is 0 Å². The number of rotatable bonds is 4. The van der Waals surface area contributed by atoms with Crippen LogP contribution < -0.4 is 5.32 Å². The number of hydrogen-bond acceptors (Lipinski definition) is 3. The molecule has 0 radical (unpaired) electrons. The summed E-state index contributed by atoms with van der Waals surface area (Å²) in [7, 11) is 5.23. The average Bonchev–Trinajstić information content (AvgIpc) is 1.81. The molecule has 1 unspecified atom stereocenters. The quantitative estimate of drug-likeness (QED) is 0.546. The van der Waals surface area contributed by atoms with Gasteiger partial charge in [0.1, 0.15) is 6.04 Å². The minimum Gasteiger partial charge on any atom is -0.480 e. The van der Waals surface area contributed by atoms with Crippen molar-refractivity contribution < 1.29 is 9.90 Å². The predicted octanol–water partition coefficient (Wildman–Crippen LogP) is -0.779. The van der Waals surface area contributed by atoms with Gasteiger partial charge in [-0.15, -0.1) is 0 Å². The van der Waals surface area contributed by atoms with Crippen molar-refractivity contribution in [2.24, 2.45) is 0 Å². The number of carboxylic acids is 1. The molecule has 0 aromatic rings. The van der Waals surface area contributed by atoms with Crippen LogP contribution in [-0.4, -0.2) is 49.7 Å². The van der Waals surface area contributed by atoms with E-state index < -0.39 is 12.0 Å². The lowest BCUT2D eigenvalue weighted by molar-refractivity contribution is -0.142. The molecule has 0 bridgehead atoms. The molecule has 60 valence electrons. The first-order valence-electron chi connectivity index (χ1n) is 3.13. The van der Waals surface area contributed by atoms with Crippen LogP contribution in [0.2, 0.25) is 0 Å². The summed E-state index contributed by atoms with van der Waals surface area (Å²) < 4.78 is 0. The van der Waals surface area contributed by atoms with Crippen LogP contribution in [0.4, 0.5) is 0 Å². The largest absolute Gasteiger partial charge is 0.480 e. The zero-order valence-electron chi connectivity index (χ0n) is 6.59. The first-order valence-corrected chi connectivity index (χ1v) is 3.13. The number of likely N-dealkylation sites (N-methyl/N-ethyl adjacent to an activating group) is 2. The fraction of sp³-hybridized carbons (Fsp3) is 0.833. The number of nitrogens with zero attached hydrogens (tertiary/aromatic N) is 1. The SMILES string of the molecule is CNCC(C(=O)O)N(C)C. The van der Waals surface area contributed by atoms with E-state index in [4.69, 9.17) is 5.11 Å². The molecular weight excluding hydrogens is 132 g/mol. The van der Waals surface area contributed by atoms with Crippen molar-refractivity contribution in [3.8, 4) is 0 Å². The van der Waals surface area contributed by atoms with Crippen molar-refractivity contribution in [1.29, 1.82) is 0 Å². The third-order valence-corrected chi connectivity index (χ3v) is 1.31. The normalized spacial score (nSPS) is 13.6. The zero-order valence-corrected chi connectivity index (χ0v) is 6.59. The molecule has 1 atom stereocenters. The van der Waals surface area contributed by atoms with Gasteiger partial charge in [0.2, 0.25) is 0 Å². The summed E-state index contributed by atoms with van der Waals surface area (Å²) in [6, 6.07) is -0.426. The van der Waals surface area contributed by atoms with E-state index in [1.54, 1.807) is 26.0 Å². The molecule has 4 nitrogen and oxygen atoms in total. The molecule has 0 saturated carbocycles. The van der Waals surface area contributed by atoms with Gasteiger partial charge in [-0.05, 0) is 21.1 Å². The van der Waals surface area contributed by atoms with E-state index in [-0.39, 0.29) is 0 Å². The zero-order chi connectivity index (χ0) is 8.15. The number of aliphatic carboxylic acids is 1. The molecule has 0 aromatic carbocycles. The van der Waals surface area contributed by atoms with Gasteiger partial charge >= 0.3 is 5.97 Å². The maximum atomic E-state index is 10.4. The van der Waals surface area contributed by atoms with Crippen LogP contribution >= 0.6 is 0 Å². The lowest BCUT2D eigenvalue weighted by atomic mass is 10.3. The summed E-state index contributed by atoms with van der Waals surface area (Å²) in [5.41, 5.74) is 0. The molecular formula is C6H14N2O2. The van der Waals surface area contributed by atoms with Crippen molar-refractivity contribution in [2.75, 3.05) is 27.7 Å². The Hall–Kier alpha value is -0.610. The molecule has 0 aliphatic rings. The molecule has 4 heteroatoms. The molecule has 0 rings (SSSR count). The van der Waals surface area contributed by atoms with Gasteiger partial charge in [0.25, 0.3) is 0 Å². The van der Waals surface area contributed by atoms with Crippen LogP contribution in [0.3, 0.4) is 0 Å². The third-order valence-electron chi connectivity index (χ3n) is 1.31. The van der Waals surface area contributed by atoms with Crippen molar-refractivity contribution in [1.82, 2.24) is 10.2 Å². The van der Waals surface area contributed by atoms with Crippen molar-refractivity contribution in [2.45, 2.75) is 6.04 Å². The summed E-state index contributed by atoms with van der Waals surface area (Å²) in [5, 5.41) is 11.4. The topological polar surface area (TPSA) is 52.6 Å². The maximum absolute atomic E-state index is 10.4. The van der Waals surface area contributed by atoms with Gasteiger partial charge in [-0.3, -0.25) is 9.69 Å². The number of nitrogens with one attached hydrogen (secondary N) is 1. The first-order chi connectivity index (χ1) is 4.59. The predicted molar refractivity (Wildman–Crippen MR) is 39.0 cm³/mol. The monoisotopic (exact) mass is 146 g/mol. The van der Waals surface area contributed by atoms with E-state index in [0.717, 1.165) is 0 Å². The minimum atomic E-state index is -0.792. The number of carboxylic acid groups (broad SMARTS) is 1. The van der Waals surface area contributed by atoms with Crippen LogP contribution in [0.1, 0.15) is 0 Å². The average molecular weight is 146 g/mol. The Morgan fingerprint density at radius 2 is 2.20 bits per heavy atom. The Morgan fingerprint density at radius 1 is 1.70 bits per heavy atom. The minimum absolute atomic E-state index is 0.426. The Morgan fingerprint density at radius 3 is 2.30 bits per heavy atom. The molecule has 0 fully saturated rings. The van der Waals surface area contributed by atoms with Crippen LogP contribution in [0.5, 0.6) is 0 Å². The van der Waals surface area contributed by atoms with Crippen molar-refractivity contribution in [3.63, 3.8) is 0 Å². The molecule has 10 heavy (non-hydrogen) atoms. The molecule has 0 heterocycles. The third kappa shape index (κ3) is 2.80. The molecule has 0 aliphatic heterocycles. The van der Waals surface area contributed by atoms with Gasteiger partial charge in [0.15, 0.2) is 0 Å². The van der Waals surface area contributed by atoms with Crippen LogP contribution in [-0.2, 0) is 4.79 Å². The summed E-state index contributed by atoms with van der Waals surface area (Å²) in [6.07, 6.45) is 0. The number of hydrogen-bond donors (Lipinski definition) is 2. The Bertz CT molecular complexity index is 114. The summed E-state index contributed by atoms with van der Waals surface area (Å²) in [5.74, 6) is -0.792. The maximum Gasteiger partial charge on any atom is 0.322 e. The van der Waals surface area contributed by atoms with Crippen molar-refractivity contribution >= 4 is 5.97 Å². The van der Waals surface area contributed by atoms with Crippen molar-refractivity contribution in [3.05, 3.63) is 0 Å². The van der Waals surface area contributed by atoms with Gasteiger partial charge in [0, 0.05) is 6.54 Å². The summed E-state index contributed by atoms with van der Waals surface area (Å²) >= 11 is 0. The molecule has 0 spiro atoms. The van der Waals surface area contributed by atoms with E-state index in [9.17, 15) is 4.79 Å². The highest BCUT2D eigenvalue weighted by Gasteiger charge is 2.17. The summed E-state index contributed by atoms with van der Waals surface area (Å²) in [6.45, 7) is 0.475. The molecule has 0 amide bonds. The smallest absolute Gasteiger partial charge is 0.322 e. The van der Waals surface area contributed by atoms with Gasteiger partial charge in [-0.25, -0.2) is 0 Å². The highest BCUT2D eigenvalue weighted by atomic mass is 16.4. The molecule has 0 aliphatic carbocycles. The van der Waals surface area contributed by atoms with E-state index in [1.807, 2.05) is 0 Å². The van der Waals surface area contributed by atoms with Crippen LogP contribution in [0, 0.1) is 0 Å². The Kier molecular flexibility index (Phi) is 3.99. The summed E-state index contributed by atoms with van der Waals surface area (Å²) in [4.78, 5) is 12.1. The number of carbonyl (C=O) groups is 1. The van der Waals surface area contributed by atoms with Gasteiger partial charge in [0.05, 0.1) is 0 Å². The lowest BCUT2D eigenvalue weighted by Crippen LogP contribution is -2.42. The van der Waals surface area contributed by atoms with E-state index in [0.29, 0.717) is 6.54 Å². The van der Waals surface area contributed by atoms with Crippen LogP contribution in [0.15, 0.2) is 0 Å². The molecule has 2 N–H and O–H groups in total. The lowest BCUT2D eigenvalue weighted by Gasteiger charge is -2.18. The van der Waals surface area contributed by atoms with Gasteiger partial charge in [-0.2, -0.15) is 0 Å². The second-order valence-electron chi connectivity index (χ2n) is 2.38. The first kappa shape index (κ1) is 9.39. The van der Waals surface area contributed by atoms with Gasteiger partial charge < -0.3 is 10.4 Å². The highest BCUT2D eigenvalue weighted by Crippen LogP contribution is 1.90. The van der Waals surface area contributed by atoms with E-state index in [1.165, 1.54) is 0 Å². The fourth-order valence-corrected chi connectivity index (χ4v) is 0.684. The standard InChI is InChI=1S/C6H14N2O2/c1-7-4-5(6(9)10)8(2)3/h5,7H,4H2,1-3H3,(H,9,10). The Balaban J connectivity index is 3.85. The molecule has 0 aromatic heterocycles. The second kappa shape index (κ2) is 4.24. The van der Waals surface area contributed by atoms with E-state index in [2.05, 4.69) is 5.32 Å².